The number of nitro groups is 4. The second-order valence-corrected chi connectivity index (χ2v) is 11.0. The van der Waals surface area contributed by atoms with Gasteiger partial charge in [-0.25, -0.2) is 4.98 Å². The summed E-state index contributed by atoms with van der Waals surface area (Å²) in [7, 11) is 0. The van der Waals surface area contributed by atoms with Gasteiger partial charge in [-0.3, -0.25) is 59.6 Å². The summed E-state index contributed by atoms with van der Waals surface area (Å²) in [6, 6.07) is 12.7. The van der Waals surface area contributed by atoms with Gasteiger partial charge in [0, 0.05) is 19.7 Å². The quantitative estimate of drug-likeness (QED) is 0.0577. The second-order valence-electron chi connectivity index (χ2n) is 11.0. The SMILES string of the molecule is Cl.Nc1ccc(N=Nc2ccccc2)c(N)n1.O=C(CC[N+](=O)[O-])OCC1OC(O)C(OC(=O)CC[N+](=O)[O-])C(OC(=O)CC[N+](=O)[O-])C1OC(=O)CC[N+](=O)[O-]. The van der Waals surface area contributed by atoms with Crippen LogP contribution in [0.1, 0.15) is 25.7 Å². The number of anilines is 2. The molecule has 312 valence electrons. The predicted octanol–water partition coefficient (Wildman–Crippen LogP) is 0.733. The number of aromatic nitrogens is 1. The summed E-state index contributed by atoms with van der Waals surface area (Å²) in [5, 5.41) is 60.7. The van der Waals surface area contributed by atoms with Gasteiger partial charge in [-0.2, -0.15) is 5.11 Å². The van der Waals surface area contributed by atoms with Crippen LogP contribution in [0, 0.1) is 40.5 Å². The molecule has 1 aliphatic rings. The first kappa shape index (κ1) is 48.3. The number of aliphatic hydroxyl groups excluding tert-OH is 1. The van der Waals surface area contributed by atoms with Crippen LogP contribution < -0.4 is 11.5 Å². The molecular weight excluding hydrogens is 798 g/mol. The van der Waals surface area contributed by atoms with Gasteiger partial charge < -0.3 is 40.3 Å². The van der Waals surface area contributed by atoms with Crippen molar-refractivity contribution < 1.29 is 67.7 Å². The van der Waals surface area contributed by atoms with E-state index in [9.17, 15) is 64.7 Å². The molecule has 2 heterocycles. The maximum absolute atomic E-state index is 12.3. The summed E-state index contributed by atoms with van der Waals surface area (Å²) in [5.74, 6) is -4.41. The number of nitrogens with two attached hydrogens (primary N) is 2. The average molecular weight is 834 g/mol. The fraction of sp³-hybridized carbons (Fsp3) is 0.483. The van der Waals surface area contributed by atoms with Crippen molar-refractivity contribution in [2.24, 2.45) is 10.2 Å². The Morgan fingerprint density at radius 3 is 1.61 bits per heavy atom. The van der Waals surface area contributed by atoms with Crippen molar-refractivity contribution in [1.29, 1.82) is 0 Å². The van der Waals surface area contributed by atoms with E-state index >= 15 is 0 Å². The zero-order chi connectivity index (χ0) is 41.8. The molecule has 0 aliphatic carbocycles. The number of ether oxygens (including phenoxy) is 5. The Balaban J connectivity index is 0.000000789. The molecule has 1 aromatic heterocycles. The van der Waals surface area contributed by atoms with E-state index in [0.717, 1.165) is 5.69 Å². The number of carbonyl (C=O) groups excluding carboxylic acids is 4. The average Bonchev–Trinajstić information content (AvgIpc) is 3.13. The van der Waals surface area contributed by atoms with Gasteiger partial charge in [0.2, 0.25) is 26.2 Å². The number of carbonyl (C=O) groups is 4. The van der Waals surface area contributed by atoms with Crippen molar-refractivity contribution >= 4 is 59.3 Å². The van der Waals surface area contributed by atoms with E-state index in [-0.39, 0.29) is 18.2 Å². The molecule has 5 N–H and O–H groups in total. The van der Waals surface area contributed by atoms with E-state index in [1.807, 2.05) is 30.3 Å². The number of azo groups is 1. The zero-order valence-corrected chi connectivity index (χ0v) is 30.2. The standard InChI is InChI=1S/C18H24N4O18.C11H11N5.ClH/c23-11(1-5-19(28)29)36-9-10-15(38-12(24)2-6-20(30)31)16(39-13(25)3-7-21(32)33)17(18(27)37-10)40-14(26)4-8-22(34)35;12-10-7-6-9(11(13)14-10)16-15-8-4-2-1-3-5-8;/h10,15-18,27H,1-9H2;1-7H,(H4,12,13,14);1H. The predicted molar refractivity (Wildman–Crippen MR) is 188 cm³/mol. The lowest BCUT2D eigenvalue weighted by Crippen LogP contribution is -2.62. The number of halogens is 1. The number of nitrogens with zero attached hydrogens (tertiary/aromatic N) is 7. The van der Waals surface area contributed by atoms with Gasteiger partial charge in [-0.1, -0.05) is 18.2 Å². The maximum atomic E-state index is 12.3. The summed E-state index contributed by atoms with van der Waals surface area (Å²) in [4.78, 5) is 91.2. The Labute approximate surface area is 325 Å². The molecule has 0 saturated carbocycles. The third-order valence-corrected chi connectivity index (χ3v) is 6.77. The molecule has 1 aliphatic heterocycles. The molecule has 1 aromatic carbocycles. The minimum Gasteiger partial charge on any atom is -0.463 e. The molecule has 1 saturated heterocycles. The van der Waals surface area contributed by atoms with Gasteiger partial charge in [0.05, 0.1) is 5.69 Å². The van der Waals surface area contributed by atoms with Crippen LogP contribution in [-0.4, -0.2) is 117 Å². The van der Waals surface area contributed by atoms with Crippen LogP contribution >= 0.6 is 12.4 Å². The monoisotopic (exact) mass is 833 g/mol. The molecule has 0 bridgehead atoms. The lowest BCUT2D eigenvalue weighted by molar-refractivity contribution is -0.479. The summed E-state index contributed by atoms with van der Waals surface area (Å²) >= 11 is 0. The Morgan fingerprint density at radius 1 is 0.684 bits per heavy atom. The molecule has 0 radical (unpaired) electrons. The van der Waals surface area contributed by atoms with Crippen molar-refractivity contribution in [3.8, 4) is 0 Å². The topological polar surface area (TPSA) is 397 Å². The third-order valence-electron chi connectivity index (χ3n) is 6.77. The highest BCUT2D eigenvalue weighted by Crippen LogP contribution is 2.29. The molecular formula is C29H36ClN9O18. The van der Waals surface area contributed by atoms with Gasteiger partial charge in [0.1, 0.15) is 49.9 Å². The fourth-order valence-corrected chi connectivity index (χ4v) is 4.22. The van der Waals surface area contributed by atoms with Gasteiger partial charge in [-0.15, -0.1) is 17.5 Å². The molecule has 5 unspecified atom stereocenters. The minimum absolute atomic E-state index is 0. The van der Waals surface area contributed by atoms with Gasteiger partial charge >= 0.3 is 23.9 Å². The molecule has 2 aromatic rings. The fourth-order valence-electron chi connectivity index (χ4n) is 4.22. The van der Waals surface area contributed by atoms with Crippen LogP contribution in [0.15, 0.2) is 52.7 Å². The Kier molecular flexibility index (Phi) is 20.9. The maximum Gasteiger partial charge on any atom is 0.313 e. The molecule has 3 rings (SSSR count). The van der Waals surface area contributed by atoms with Crippen molar-refractivity contribution in [3.05, 3.63) is 82.9 Å². The highest BCUT2D eigenvalue weighted by Gasteiger charge is 2.52. The minimum atomic E-state index is -2.22. The van der Waals surface area contributed by atoms with Crippen molar-refractivity contribution in [2.75, 3.05) is 44.3 Å². The van der Waals surface area contributed by atoms with Crippen molar-refractivity contribution in [2.45, 2.75) is 56.4 Å². The Morgan fingerprint density at radius 2 is 1.14 bits per heavy atom. The molecule has 1 fully saturated rings. The summed E-state index contributed by atoms with van der Waals surface area (Å²) in [6.45, 7) is -4.46. The van der Waals surface area contributed by atoms with E-state index in [1.54, 1.807) is 12.1 Å². The smallest absolute Gasteiger partial charge is 0.313 e. The van der Waals surface area contributed by atoms with Crippen molar-refractivity contribution in [1.82, 2.24) is 4.98 Å². The van der Waals surface area contributed by atoms with Gasteiger partial charge in [0.25, 0.3) is 0 Å². The van der Waals surface area contributed by atoms with Crippen molar-refractivity contribution in [3.63, 3.8) is 0 Å². The summed E-state index contributed by atoms with van der Waals surface area (Å²) in [6.07, 6.45) is -13.2. The first-order chi connectivity index (χ1) is 26.4. The number of pyridine rings is 1. The lowest BCUT2D eigenvalue weighted by Gasteiger charge is -2.42. The Bertz CT molecular complexity index is 1760. The largest absolute Gasteiger partial charge is 0.463 e. The lowest BCUT2D eigenvalue weighted by atomic mass is 9.98. The summed E-state index contributed by atoms with van der Waals surface area (Å²) < 4.78 is 25.1. The number of esters is 4. The number of hydrogen-bond donors (Lipinski definition) is 3. The van der Waals surface area contributed by atoms with E-state index < -0.39 is 133 Å². The molecule has 0 amide bonds. The van der Waals surface area contributed by atoms with Gasteiger partial charge in [0.15, 0.2) is 30.4 Å². The van der Waals surface area contributed by atoms with Crippen LogP contribution in [0.3, 0.4) is 0 Å². The number of nitrogen functional groups attached to an aromatic ring is 2. The van der Waals surface area contributed by atoms with E-state index in [0.29, 0.717) is 11.5 Å². The van der Waals surface area contributed by atoms with E-state index in [1.165, 1.54) is 0 Å². The van der Waals surface area contributed by atoms with Crippen LogP contribution in [0.4, 0.5) is 23.0 Å². The van der Waals surface area contributed by atoms with Gasteiger partial charge in [-0.05, 0) is 24.3 Å². The van der Waals surface area contributed by atoms with Crippen LogP contribution in [0.25, 0.3) is 0 Å². The number of aliphatic hydroxyl groups is 1. The number of rotatable bonds is 19. The van der Waals surface area contributed by atoms with Crippen LogP contribution in [0.2, 0.25) is 0 Å². The second kappa shape index (κ2) is 24.6. The normalized spacial score (nSPS) is 18.4. The highest BCUT2D eigenvalue weighted by molar-refractivity contribution is 5.85. The molecule has 28 heteroatoms. The number of hydrogen-bond acceptors (Lipinski definition) is 23. The highest BCUT2D eigenvalue weighted by atomic mass is 35.5. The molecule has 5 atom stereocenters. The molecule has 0 spiro atoms. The third kappa shape index (κ3) is 18.9. The first-order valence-electron chi connectivity index (χ1n) is 16.0. The van der Waals surface area contributed by atoms with E-state index in [4.69, 9.17) is 35.2 Å². The number of benzene rings is 1. The first-order valence-corrected chi connectivity index (χ1v) is 16.0. The molecule has 27 nitrogen and oxygen atoms in total. The summed E-state index contributed by atoms with van der Waals surface area (Å²) in [5.41, 5.74) is 12.4. The van der Waals surface area contributed by atoms with Crippen LogP contribution in [-0.2, 0) is 42.9 Å². The van der Waals surface area contributed by atoms with E-state index in [2.05, 4.69) is 15.2 Å². The zero-order valence-electron chi connectivity index (χ0n) is 29.4. The Hall–Kier alpha value is -6.74. The molecule has 57 heavy (non-hydrogen) atoms. The van der Waals surface area contributed by atoms with Crippen LogP contribution in [0.5, 0.6) is 0 Å².